The van der Waals surface area contributed by atoms with E-state index in [-0.39, 0.29) is 13.0 Å². The zero-order valence-electron chi connectivity index (χ0n) is 5.35. The molecule has 2 N–H and O–H groups in total. The van der Waals surface area contributed by atoms with E-state index in [2.05, 4.69) is 0 Å². The molecule has 56 valence electrons. The van der Waals surface area contributed by atoms with Gasteiger partial charge in [-0.05, 0) is 0 Å². The first-order chi connectivity index (χ1) is 4.58. The highest BCUT2D eigenvalue weighted by Crippen LogP contribution is 2.49. The second-order valence-corrected chi connectivity index (χ2v) is 2.81. The van der Waals surface area contributed by atoms with Crippen molar-refractivity contribution in [1.82, 2.24) is 5.01 Å². The molecule has 0 radical (unpaired) electrons. The van der Waals surface area contributed by atoms with Crippen LogP contribution >= 0.6 is 0 Å². The molecule has 0 aromatic rings. The molecule has 1 saturated heterocycles. The summed E-state index contributed by atoms with van der Waals surface area (Å²) in [7, 11) is 0. The summed E-state index contributed by atoms with van der Waals surface area (Å²) >= 11 is 0. The van der Waals surface area contributed by atoms with E-state index in [4.69, 9.17) is 5.84 Å². The molecular formula is C6H8F2N2. The van der Waals surface area contributed by atoms with Crippen molar-refractivity contribution in [3.63, 3.8) is 0 Å². The van der Waals surface area contributed by atoms with Crippen LogP contribution in [0.25, 0.3) is 0 Å². The third-order valence-electron chi connectivity index (χ3n) is 2.21. The third-order valence-corrected chi connectivity index (χ3v) is 2.21. The molecule has 2 rings (SSSR count). The number of halogens is 2. The highest BCUT2D eigenvalue weighted by atomic mass is 19.3. The van der Waals surface area contributed by atoms with E-state index in [9.17, 15) is 8.78 Å². The molecule has 1 heterocycles. The minimum atomic E-state index is -2.64. The van der Waals surface area contributed by atoms with Gasteiger partial charge >= 0.3 is 0 Å². The van der Waals surface area contributed by atoms with Gasteiger partial charge < -0.3 is 0 Å². The quantitative estimate of drug-likeness (QED) is 0.398. The highest BCUT2D eigenvalue weighted by Gasteiger charge is 2.63. The second kappa shape index (κ2) is 1.40. The molecule has 0 amide bonds. The Bertz CT molecular complexity index is 194. The lowest BCUT2D eigenvalue weighted by Gasteiger charge is -2.23. The highest BCUT2D eigenvalue weighted by molar-refractivity contribution is 5.40. The van der Waals surface area contributed by atoms with Crippen molar-refractivity contribution in [3.8, 4) is 0 Å². The summed E-state index contributed by atoms with van der Waals surface area (Å²) in [5, 5.41) is 1.20. The van der Waals surface area contributed by atoms with Crippen LogP contribution in [0.3, 0.4) is 0 Å². The monoisotopic (exact) mass is 146 g/mol. The molecule has 0 aromatic carbocycles. The average molecular weight is 146 g/mol. The summed E-state index contributed by atoms with van der Waals surface area (Å²) in [4.78, 5) is 0. The Kier molecular flexibility index (Phi) is 0.877. The molecule has 0 aromatic heterocycles. The van der Waals surface area contributed by atoms with E-state index in [1.54, 1.807) is 0 Å². The van der Waals surface area contributed by atoms with E-state index in [0.29, 0.717) is 0 Å². The first-order valence-electron chi connectivity index (χ1n) is 3.19. The largest absolute Gasteiger partial charge is 0.275 e. The maximum atomic E-state index is 12.9. The predicted molar refractivity (Wildman–Crippen MR) is 32.3 cm³/mol. The first-order valence-corrected chi connectivity index (χ1v) is 3.19. The zero-order chi connectivity index (χ0) is 7.41. The first kappa shape index (κ1) is 6.24. The minimum absolute atomic E-state index is 0.128. The fraction of sp³-hybridized carbons (Fsp3) is 0.667. The topological polar surface area (TPSA) is 29.3 Å². The molecule has 0 saturated carbocycles. The van der Waals surface area contributed by atoms with Crippen LogP contribution in [0.5, 0.6) is 0 Å². The van der Waals surface area contributed by atoms with Gasteiger partial charge in [-0.25, -0.2) is 13.8 Å². The standard InChI is InChI=1S/C6H8F2N2/c7-6(8)3-4-10(9)5(6)1-2-5/h1-2H,3-4,9H2. The Balaban J connectivity index is 2.28. The van der Waals surface area contributed by atoms with E-state index in [1.165, 1.54) is 17.2 Å². The zero-order valence-corrected chi connectivity index (χ0v) is 5.35. The lowest BCUT2D eigenvalue weighted by molar-refractivity contribution is -0.0346. The maximum Gasteiger partial charge on any atom is 0.275 e. The minimum Gasteiger partial charge on any atom is -0.267 e. The molecule has 10 heavy (non-hydrogen) atoms. The molecule has 1 aliphatic carbocycles. The lowest BCUT2D eigenvalue weighted by Crippen LogP contribution is -2.46. The average Bonchev–Trinajstić information content (AvgIpc) is 2.58. The van der Waals surface area contributed by atoms with E-state index in [0.717, 1.165) is 0 Å². The van der Waals surface area contributed by atoms with Gasteiger partial charge in [-0.15, -0.1) is 0 Å². The Morgan fingerprint density at radius 2 is 2.00 bits per heavy atom. The van der Waals surface area contributed by atoms with Crippen LogP contribution in [0.1, 0.15) is 6.42 Å². The Morgan fingerprint density at radius 1 is 1.40 bits per heavy atom. The van der Waals surface area contributed by atoms with E-state index < -0.39 is 11.5 Å². The summed E-state index contributed by atoms with van der Waals surface area (Å²) in [6.07, 6.45) is 2.79. The Hall–Kier alpha value is -0.480. The summed E-state index contributed by atoms with van der Waals surface area (Å²) < 4.78 is 25.7. The van der Waals surface area contributed by atoms with Crippen molar-refractivity contribution in [2.24, 2.45) is 5.84 Å². The Labute approximate surface area is 57.3 Å². The Morgan fingerprint density at radius 3 is 2.20 bits per heavy atom. The summed E-state index contributed by atoms with van der Waals surface area (Å²) in [5.74, 6) is 2.70. The number of alkyl halides is 2. The van der Waals surface area contributed by atoms with Crippen molar-refractivity contribution >= 4 is 0 Å². The summed E-state index contributed by atoms with van der Waals surface area (Å²) in [6, 6.07) is 0. The summed E-state index contributed by atoms with van der Waals surface area (Å²) in [5.41, 5.74) is -1.17. The van der Waals surface area contributed by atoms with Gasteiger partial charge in [-0.2, -0.15) is 0 Å². The van der Waals surface area contributed by atoms with Gasteiger partial charge in [-0.1, -0.05) is 12.2 Å². The molecule has 1 aliphatic heterocycles. The van der Waals surface area contributed by atoms with Crippen LogP contribution in [-0.2, 0) is 0 Å². The van der Waals surface area contributed by atoms with Crippen molar-refractivity contribution in [3.05, 3.63) is 12.2 Å². The van der Waals surface area contributed by atoms with Crippen LogP contribution in [0.15, 0.2) is 12.2 Å². The van der Waals surface area contributed by atoms with Crippen molar-refractivity contribution in [2.45, 2.75) is 17.9 Å². The molecule has 2 nitrogen and oxygen atoms in total. The molecule has 0 atom stereocenters. The molecule has 1 spiro atoms. The van der Waals surface area contributed by atoms with Gasteiger partial charge in [-0.3, -0.25) is 5.84 Å². The fourth-order valence-corrected chi connectivity index (χ4v) is 1.37. The van der Waals surface area contributed by atoms with E-state index >= 15 is 0 Å². The van der Waals surface area contributed by atoms with Gasteiger partial charge in [0.15, 0.2) is 0 Å². The maximum absolute atomic E-state index is 12.9. The van der Waals surface area contributed by atoms with Crippen LogP contribution in [0.2, 0.25) is 0 Å². The number of nitrogens with two attached hydrogens (primary N) is 1. The SMILES string of the molecule is NN1CCC(F)(F)C12C=C2. The van der Waals surface area contributed by atoms with Crippen LogP contribution < -0.4 is 5.84 Å². The van der Waals surface area contributed by atoms with Crippen molar-refractivity contribution in [1.29, 1.82) is 0 Å². The van der Waals surface area contributed by atoms with Crippen molar-refractivity contribution in [2.75, 3.05) is 6.54 Å². The number of hydrogen-bond donors (Lipinski definition) is 1. The summed E-state index contributed by atoms with van der Waals surface area (Å²) in [6.45, 7) is 0.278. The van der Waals surface area contributed by atoms with E-state index in [1.807, 2.05) is 0 Å². The smallest absolute Gasteiger partial charge is 0.267 e. The number of nitrogens with zero attached hydrogens (tertiary/aromatic N) is 1. The number of rotatable bonds is 0. The van der Waals surface area contributed by atoms with Gasteiger partial charge in [0.05, 0.1) is 0 Å². The lowest BCUT2D eigenvalue weighted by atomic mass is 10.1. The molecule has 2 aliphatic rings. The molecule has 0 bridgehead atoms. The van der Waals surface area contributed by atoms with Crippen LogP contribution in [-0.4, -0.2) is 23.0 Å². The van der Waals surface area contributed by atoms with Crippen molar-refractivity contribution < 1.29 is 8.78 Å². The normalized spacial score (nSPS) is 33.5. The molecular weight excluding hydrogens is 138 g/mol. The number of hydrogen-bond acceptors (Lipinski definition) is 2. The second-order valence-electron chi connectivity index (χ2n) is 2.81. The molecule has 1 fully saturated rings. The van der Waals surface area contributed by atoms with Gasteiger partial charge in [0, 0.05) is 13.0 Å². The van der Waals surface area contributed by atoms with Gasteiger partial charge in [0.2, 0.25) is 0 Å². The third kappa shape index (κ3) is 0.491. The van der Waals surface area contributed by atoms with Gasteiger partial charge in [0.25, 0.3) is 5.92 Å². The fourth-order valence-electron chi connectivity index (χ4n) is 1.37. The molecule has 4 heteroatoms. The van der Waals surface area contributed by atoms with Gasteiger partial charge in [0.1, 0.15) is 5.54 Å². The molecule has 0 unspecified atom stereocenters. The predicted octanol–water partition coefficient (Wildman–Crippen LogP) is 0.510. The number of hydrazine groups is 1. The van der Waals surface area contributed by atoms with Crippen LogP contribution in [0.4, 0.5) is 8.78 Å². The van der Waals surface area contributed by atoms with Crippen LogP contribution in [0, 0.1) is 0 Å².